The number of hydrogen-bond donors (Lipinski definition) is 7. The summed E-state index contributed by atoms with van der Waals surface area (Å²) in [6.07, 6.45) is 0.971. The summed E-state index contributed by atoms with van der Waals surface area (Å²) in [6.45, 7) is 6.83. The number of benzene rings is 2. The summed E-state index contributed by atoms with van der Waals surface area (Å²) in [7, 11) is 0. The third-order valence-corrected chi connectivity index (χ3v) is 7.59. The van der Waals surface area contributed by atoms with Crippen molar-refractivity contribution in [1.82, 2.24) is 26.6 Å². The molecule has 0 saturated heterocycles. The maximum atomic E-state index is 13.5. The summed E-state index contributed by atoms with van der Waals surface area (Å²) >= 11 is 0. The molecule has 2 aromatic rings. The number of carbonyl (C=O) groups is 5. The van der Waals surface area contributed by atoms with E-state index < -0.39 is 18.0 Å². The Morgan fingerprint density at radius 1 is 0.580 bits per heavy atom. The van der Waals surface area contributed by atoms with Crippen LogP contribution in [-0.4, -0.2) is 94.7 Å². The van der Waals surface area contributed by atoms with Gasteiger partial charge in [0, 0.05) is 51.9 Å². The molecule has 0 saturated carbocycles. The SMILES string of the molecule is Cc1ccc(C(NC(=O)C(CCCN)NC(=O)CCC(=O)NCCOCCOCCNC(=O)CCC(=O)NCCN)c2ccc(C)cc2)cc1. The van der Waals surface area contributed by atoms with Crippen molar-refractivity contribution in [2.45, 2.75) is 64.5 Å². The molecule has 9 N–H and O–H groups in total. The van der Waals surface area contributed by atoms with E-state index >= 15 is 0 Å². The first-order chi connectivity index (χ1) is 24.1. The first-order valence-electron chi connectivity index (χ1n) is 17.2. The molecule has 0 spiro atoms. The standard InChI is InChI=1S/C36H55N7O7/c1-26-5-9-28(10-6-26)35(29-11-7-27(2)8-12-29)43-36(48)30(4-3-17-37)42-34(47)16-15-33(46)41-21-23-50-25-24-49-22-20-40-32(45)14-13-31(44)39-19-18-38/h5-12,30,35H,3-4,13-25,37-38H2,1-2H3,(H,39,44)(H,40,45)(H,41,46)(H,42,47)(H,43,48). The van der Waals surface area contributed by atoms with Gasteiger partial charge in [-0.2, -0.15) is 0 Å². The molecule has 0 bridgehead atoms. The number of amides is 5. The van der Waals surface area contributed by atoms with Crippen LogP contribution in [0.15, 0.2) is 48.5 Å². The first-order valence-corrected chi connectivity index (χ1v) is 17.2. The van der Waals surface area contributed by atoms with Gasteiger partial charge in [-0.1, -0.05) is 59.7 Å². The van der Waals surface area contributed by atoms with Gasteiger partial charge in [-0.3, -0.25) is 24.0 Å². The molecular formula is C36H55N7O7. The molecule has 5 amide bonds. The number of ether oxygens (including phenoxy) is 2. The number of nitrogens with one attached hydrogen (secondary N) is 5. The highest BCUT2D eigenvalue weighted by Crippen LogP contribution is 2.23. The molecular weight excluding hydrogens is 642 g/mol. The lowest BCUT2D eigenvalue weighted by Crippen LogP contribution is -2.48. The van der Waals surface area contributed by atoms with E-state index in [-0.39, 0.29) is 62.5 Å². The monoisotopic (exact) mass is 697 g/mol. The van der Waals surface area contributed by atoms with E-state index in [1.807, 2.05) is 62.4 Å². The van der Waals surface area contributed by atoms with Crippen LogP contribution in [0.2, 0.25) is 0 Å². The Morgan fingerprint density at radius 3 is 1.46 bits per heavy atom. The van der Waals surface area contributed by atoms with Crippen LogP contribution < -0.4 is 38.1 Å². The third-order valence-electron chi connectivity index (χ3n) is 7.59. The fourth-order valence-corrected chi connectivity index (χ4v) is 4.76. The Balaban J connectivity index is 1.67. The van der Waals surface area contributed by atoms with E-state index in [4.69, 9.17) is 20.9 Å². The van der Waals surface area contributed by atoms with E-state index in [0.29, 0.717) is 58.8 Å². The van der Waals surface area contributed by atoms with Crippen LogP contribution in [0, 0.1) is 13.8 Å². The molecule has 50 heavy (non-hydrogen) atoms. The van der Waals surface area contributed by atoms with E-state index in [1.54, 1.807) is 0 Å². The molecule has 0 aromatic heterocycles. The highest BCUT2D eigenvalue weighted by atomic mass is 16.5. The predicted molar refractivity (Wildman–Crippen MR) is 191 cm³/mol. The molecule has 2 rings (SSSR count). The van der Waals surface area contributed by atoms with Crippen molar-refractivity contribution in [3.8, 4) is 0 Å². The summed E-state index contributed by atoms with van der Waals surface area (Å²) in [5.74, 6) is -1.49. The lowest BCUT2D eigenvalue weighted by Gasteiger charge is -2.24. The second-order valence-corrected chi connectivity index (χ2v) is 11.9. The van der Waals surface area contributed by atoms with Gasteiger partial charge in [0.05, 0.1) is 32.5 Å². The second kappa shape index (κ2) is 24.7. The molecule has 0 aliphatic rings. The minimum atomic E-state index is -0.806. The Hall–Kier alpha value is -4.37. The lowest BCUT2D eigenvalue weighted by molar-refractivity contribution is -0.130. The third kappa shape index (κ3) is 17.9. The van der Waals surface area contributed by atoms with Crippen LogP contribution in [0.1, 0.15) is 66.8 Å². The number of nitrogens with two attached hydrogens (primary N) is 2. The first kappa shape index (κ1) is 41.8. The highest BCUT2D eigenvalue weighted by Gasteiger charge is 2.25. The van der Waals surface area contributed by atoms with E-state index in [2.05, 4.69) is 26.6 Å². The average molecular weight is 698 g/mol. The Labute approximate surface area is 295 Å². The second-order valence-electron chi connectivity index (χ2n) is 11.9. The zero-order valence-corrected chi connectivity index (χ0v) is 29.4. The fraction of sp³-hybridized carbons (Fsp3) is 0.528. The van der Waals surface area contributed by atoms with Gasteiger partial charge in [-0.15, -0.1) is 0 Å². The van der Waals surface area contributed by atoms with Gasteiger partial charge in [-0.25, -0.2) is 0 Å². The van der Waals surface area contributed by atoms with Crippen LogP contribution in [0.3, 0.4) is 0 Å². The Bertz CT molecular complexity index is 1280. The van der Waals surface area contributed by atoms with Crippen molar-refractivity contribution in [2.24, 2.45) is 11.5 Å². The average Bonchev–Trinajstić information content (AvgIpc) is 3.11. The van der Waals surface area contributed by atoms with Gasteiger partial charge in [0.2, 0.25) is 29.5 Å². The molecule has 1 unspecified atom stereocenters. The topological polar surface area (TPSA) is 216 Å². The number of carbonyl (C=O) groups excluding carboxylic acids is 5. The summed E-state index contributed by atoms with van der Waals surface area (Å²) in [4.78, 5) is 61.8. The molecule has 0 aliphatic carbocycles. The van der Waals surface area contributed by atoms with Gasteiger partial charge < -0.3 is 47.5 Å². The smallest absolute Gasteiger partial charge is 0.243 e. The zero-order chi connectivity index (χ0) is 36.6. The lowest BCUT2D eigenvalue weighted by atomic mass is 9.96. The van der Waals surface area contributed by atoms with Gasteiger partial charge in [0.15, 0.2) is 0 Å². The molecule has 0 aliphatic heterocycles. The minimum Gasteiger partial charge on any atom is -0.377 e. The number of hydrogen-bond acceptors (Lipinski definition) is 9. The molecule has 0 radical (unpaired) electrons. The number of rotatable bonds is 25. The molecule has 14 nitrogen and oxygen atoms in total. The molecule has 2 aromatic carbocycles. The molecule has 1 atom stereocenters. The maximum absolute atomic E-state index is 13.5. The maximum Gasteiger partial charge on any atom is 0.243 e. The largest absolute Gasteiger partial charge is 0.377 e. The molecule has 276 valence electrons. The fourth-order valence-electron chi connectivity index (χ4n) is 4.76. The molecule has 0 fully saturated rings. The number of aryl methyl sites for hydroxylation is 2. The van der Waals surface area contributed by atoms with E-state index in [0.717, 1.165) is 22.3 Å². The van der Waals surface area contributed by atoms with Crippen molar-refractivity contribution in [2.75, 3.05) is 59.2 Å². The van der Waals surface area contributed by atoms with Crippen molar-refractivity contribution in [1.29, 1.82) is 0 Å². The predicted octanol–water partition coefficient (Wildman–Crippen LogP) is 0.634. The Morgan fingerprint density at radius 2 is 1.02 bits per heavy atom. The zero-order valence-electron chi connectivity index (χ0n) is 29.4. The summed E-state index contributed by atoms with van der Waals surface area (Å²) in [5, 5.41) is 13.9. The van der Waals surface area contributed by atoms with E-state index in [9.17, 15) is 24.0 Å². The quantitative estimate of drug-likeness (QED) is 0.0724. The van der Waals surface area contributed by atoms with Crippen molar-refractivity contribution < 1.29 is 33.4 Å². The minimum absolute atomic E-state index is 0.0420. The summed E-state index contributed by atoms with van der Waals surface area (Å²) in [5.41, 5.74) is 15.1. The molecule has 14 heteroatoms. The normalized spacial score (nSPS) is 11.5. The van der Waals surface area contributed by atoms with Crippen LogP contribution in [-0.2, 0) is 33.4 Å². The Kier molecular flexibility index (Phi) is 20.7. The van der Waals surface area contributed by atoms with Gasteiger partial charge in [0.1, 0.15) is 6.04 Å². The van der Waals surface area contributed by atoms with Crippen LogP contribution in [0.4, 0.5) is 0 Å². The summed E-state index contributed by atoms with van der Waals surface area (Å²) in [6, 6.07) is 14.7. The van der Waals surface area contributed by atoms with Crippen molar-refractivity contribution in [3.05, 3.63) is 70.8 Å². The molecule has 0 heterocycles. The van der Waals surface area contributed by atoms with Crippen LogP contribution in [0.25, 0.3) is 0 Å². The van der Waals surface area contributed by atoms with E-state index in [1.165, 1.54) is 0 Å². The van der Waals surface area contributed by atoms with Gasteiger partial charge in [0.25, 0.3) is 0 Å². The summed E-state index contributed by atoms with van der Waals surface area (Å²) < 4.78 is 10.8. The highest BCUT2D eigenvalue weighted by molar-refractivity contribution is 5.89. The van der Waals surface area contributed by atoms with Gasteiger partial charge in [-0.05, 0) is 44.4 Å². The van der Waals surface area contributed by atoms with Crippen LogP contribution >= 0.6 is 0 Å². The van der Waals surface area contributed by atoms with Gasteiger partial charge >= 0.3 is 0 Å². The van der Waals surface area contributed by atoms with Crippen LogP contribution in [0.5, 0.6) is 0 Å². The van der Waals surface area contributed by atoms with Crippen molar-refractivity contribution >= 4 is 29.5 Å². The van der Waals surface area contributed by atoms with Crippen molar-refractivity contribution in [3.63, 3.8) is 0 Å².